The maximum Gasteiger partial charge on any atom is 0.248 e. The van der Waals surface area contributed by atoms with Gasteiger partial charge in [0.25, 0.3) is 0 Å². The van der Waals surface area contributed by atoms with E-state index in [-0.39, 0.29) is 36.6 Å². The fourth-order valence-electron chi connectivity index (χ4n) is 6.44. The van der Waals surface area contributed by atoms with Crippen molar-refractivity contribution in [2.45, 2.75) is 88.0 Å². The van der Waals surface area contributed by atoms with Crippen LogP contribution in [-0.4, -0.2) is 157 Å². The summed E-state index contributed by atoms with van der Waals surface area (Å²) < 4.78 is 13.9. The van der Waals surface area contributed by atoms with Gasteiger partial charge in [0.1, 0.15) is 41.6 Å². The molecule has 0 saturated carbocycles. The number of aromatic hydroxyl groups is 1. The Labute approximate surface area is 354 Å². The van der Waals surface area contributed by atoms with E-state index in [1.165, 1.54) is 25.1 Å². The molecule has 61 heavy (non-hydrogen) atoms. The van der Waals surface area contributed by atoms with Crippen LogP contribution in [0.1, 0.15) is 52.0 Å². The van der Waals surface area contributed by atoms with Gasteiger partial charge in [-0.05, 0) is 38.3 Å². The van der Waals surface area contributed by atoms with Crippen molar-refractivity contribution in [3.05, 3.63) is 30.3 Å². The zero-order valence-electron chi connectivity index (χ0n) is 34.0. The van der Waals surface area contributed by atoms with Crippen LogP contribution < -0.4 is 37.6 Å². The minimum atomic E-state index is -2.07. The molecule has 23 heteroatoms. The Bertz CT molecular complexity index is 1950. The molecule has 22 nitrogen and oxygen atoms in total. The van der Waals surface area contributed by atoms with Crippen LogP contribution in [0.2, 0.25) is 0 Å². The monoisotopic (exact) mass is 877 g/mol. The van der Waals surface area contributed by atoms with Crippen molar-refractivity contribution in [2.24, 2.45) is 11.7 Å². The molecule has 0 radical (unpaired) electrons. The summed E-state index contributed by atoms with van der Waals surface area (Å²) in [6.45, 7) is 5.52. The number of fused-ring (bicyclic) bond motifs is 1. The van der Waals surface area contributed by atoms with E-state index in [2.05, 4.69) is 43.5 Å². The fraction of sp³-hybridized carbons (Fsp3) is 0.526. The largest absolute Gasteiger partial charge is 0.610 e. The van der Waals surface area contributed by atoms with E-state index >= 15 is 0 Å². The van der Waals surface area contributed by atoms with Gasteiger partial charge in [-0.3, -0.25) is 43.7 Å². The summed E-state index contributed by atoms with van der Waals surface area (Å²) in [4.78, 5) is 108. The van der Waals surface area contributed by atoms with Crippen molar-refractivity contribution < 1.29 is 63.3 Å². The zero-order chi connectivity index (χ0) is 45.6. The number of carbonyl (C=O) groups is 8. The predicted molar refractivity (Wildman–Crippen MR) is 219 cm³/mol. The lowest BCUT2D eigenvalue weighted by atomic mass is 9.94. The van der Waals surface area contributed by atoms with E-state index in [9.17, 15) is 63.3 Å². The van der Waals surface area contributed by atoms with Crippen LogP contribution in [-0.2, 0) is 49.5 Å². The minimum absolute atomic E-state index is 0.0250. The number of aliphatic hydroxyl groups excluding tert-OH is 3. The molecule has 2 heterocycles. The number of carbonyl (C=O) groups excluding carboxylic acids is 8. The third-order valence-corrected chi connectivity index (χ3v) is 11.2. The van der Waals surface area contributed by atoms with E-state index in [4.69, 9.17) is 5.73 Å². The lowest BCUT2D eigenvalue weighted by Crippen LogP contribution is -2.60. The molecule has 1 aliphatic rings. The number of primary amides is 1. The third kappa shape index (κ3) is 14.3. The van der Waals surface area contributed by atoms with Crippen molar-refractivity contribution in [2.75, 3.05) is 38.5 Å². The smallest absolute Gasteiger partial charge is 0.248 e. The summed E-state index contributed by atoms with van der Waals surface area (Å²) in [7, 11) is 0. The number of Topliss-reactive ketones (excluding diaryl/α,β-unsaturated/α-hetero) is 1. The molecule has 2 aromatic rings. The Balaban J connectivity index is 1.87. The number of nitrogens with two attached hydrogens (primary N) is 1. The van der Waals surface area contributed by atoms with Gasteiger partial charge in [0, 0.05) is 41.5 Å². The molecule has 336 valence electrons. The summed E-state index contributed by atoms with van der Waals surface area (Å²) in [6.07, 6.45) is -1.10. The quantitative estimate of drug-likeness (QED) is 0.0354. The molecule has 4 unspecified atom stereocenters. The Morgan fingerprint density at radius 1 is 1.02 bits per heavy atom. The summed E-state index contributed by atoms with van der Waals surface area (Å²) in [5, 5.41) is 54.9. The third-order valence-electron chi connectivity index (χ3n) is 9.80. The average molecular weight is 878 g/mol. The Morgan fingerprint density at radius 2 is 1.72 bits per heavy atom. The number of benzene rings is 1. The molecule has 0 bridgehead atoms. The van der Waals surface area contributed by atoms with Crippen LogP contribution in [0.3, 0.4) is 0 Å². The second-order valence-corrected chi connectivity index (χ2v) is 15.9. The average Bonchev–Trinajstić information content (AvgIpc) is 3.86. The number of aromatic nitrogens is 1. The van der Waals surface area contributed by atoms with Gasteiger partial charge in [0.15, 0.2) is 6.04 Å². The van der Waals surface area contributed by atoms with Gasteiger partial charge in [-0.15, -0.1) is 0 Å². The van der Waals surface area contributed by atoms with E-state index in [0.29, 0.717) is 16.5 Å². The lowest BCUT2D eigenvalue weighted by molar-refractivity contribution is -0.143. The minimum Gasteiger partial charge on any atom is -0.610 e. The molecule has 0 aliphatic carbocycles. The Hall–Kier alpha value is -5.59. The van der Waals surface area contributed by atoms with Crippen LogP contribution >= 0.6 is 0 Å². The predicted octanol–water partition coefficient (Wildman–Crippen LogP) is -3.93. The van der Waals surface area contributed by atoms with Crippen LogP contribution in [0, 0.1) is 5.92 Å². The molecule has 8 atom stereocenters. The topological polar surface area (TPSA) is 358 Å². The lowest BCUT2D eigenvalue weighted by Gasteiger charge is -2.32. The number of rotatable bonds is 24. The van der Waals surface area contributed by atoms with E-state index in [1.807, 2.05) is 0 Å². The first-order valence-electron chi connectivity index (χ1n) is 19.4. The van der Waals surface area contributed by atoms with Gasteiger partial charge >= 0.3 is 0 Å². The van der Waals surface area contributed by atoms with Crippen molar-refractivity contribution in [1.82, 2.24) is 41.8 Å². The number of phenols is 1. The number of hydrogen-bond acceptors (Lipinski definition) is 14. The molecule has 1 fully saturated rings. The Morgan fingerprint density at radius 3 is 2.34 bits per heavy atom. The summed E-state index contributed by atoms with van der Waals surface area (Å²) in [5.74, 6) is -8.43. The van der Waals surface area contributed by atoms with Crippen molar-refractivity contribution in [1.29, 1.82) is 0 Å². The van der Waals surface area contributed by atoms with Gasteiger partial charge < -0.3 is 67.2 Å². The molecule has 13 N–H and O–H groups in total. The second kappa shape index (κ2) is 23.4. The number of nitrogens with one attached hydrogen (secondary N) is 7. The SMILES string of the molecule is C=Cc1c([S+]([O-])CC(NC(=O)CNC(O)CC)C(=O)N[C@@H](CC(C)=O)C(=O)N2CCCC2C(=O)N[C@H](C(=O)NCC(=O)NCC(N)=O)[C@@H](C)[C@@H](O)CO)[nH]c2cc(O)ccc12. The zero-order valence-corrected chi connectivity index (χ0v) is 34.8. The Kier molecular flexibility index (Phi) is 19.1. The highest BCUT2D eigenvalue weighted by molar-refractivity contribution is 7.91. The number of hydrogen-bond donors (Lipinski definition) is 12. The number of phenolic OH excluding ortho intramolecular Hbond substituents is 1. The normalized spacial score (nSPS) is 17.2. The van der Waals surface area contributed by atoms with E-state index < -0.39 is 139 Å². The van der Waals surface area contributed by atoms with Crippen LogP contribution in [0.15, 0.2) is 29.8 Å². The number of aromatic amines is 1. The summed E-state index contributed by atoms with van der Waals surface area (Å²) in [5.41, 5.74) is 5.82. The molecule has 1 aromatic heterocycles. The molecule has 1 aromatic carbocycles. The number of amides is 7. The first-order valence-corrected chi connectivity index (χ1v) is 20.7. The maximum absolute atomic E-state index is 14.2. The van der Waals surface area contributed by atoms with Gasteiger partial charge in [-0.25, -0.2) is 0 Å². The van der Waals surface area contributed by atoms with Crippen LogP contribution in [0.4, 0.5) is 0 Å². The first kappa shape index (κ1) is 49.8. The van der Waals surface area contributed by atoms with Crippen molar-refractivity contribution in [3.63, 3.8) is 0 Å². The van der Waals surface area contributed by atoms with Gasteiger partial charge in [0.05, 0.1) is 43.4 Å². The second-order valence-electron chi connectivity index (χ2n) is 14.5. The van der Waals surface area contributed by atoms with E-state index in [0.717, 1.165) is 11.8 Å². The van der Waals surface area contributed by atoms with Gasteiger partial charge in [-0.2, -0.15) is 0 Å². The van der Waals surface area contributed by atoms with Gasteiger partial charge in [0.2, 0.25) is 46.4 Å². The molecule has 1 aliphatic heterocycles. The summed E-state index contributed by atoms with van der Waals surface area (Å²) in [6, 6.07) is -1.61. The van der Waals surface area contributed by atoms with Crippen LogP contribution in [0.25, 0.3) is 17.0 Å². The summed E-state index contributed by atoms with van der Waals surface area (Å²) >= 11 is -2.07. The molecular weight excluding hydrogens is 823 g/mol. The van der Waals surface area contributed by atoms with Crippen LogP contribution in [0.5, 0.6) is 5.75 Å². The molecule has 0 spiro atoms. The first-order chi connectivity index (χ1) is 28.8. The molecule has 7 amide bonds. The number of aliphatic hydroxyl groups is 3. The molecule has 3 rings (SSSR count). The maximum atomic E-state index is 14.2. The highest BCUT2D eigenvalue weighted by Crippen LogP contribution is 2.30. The standard InChI is InChI=1S/C38H55N9O13S/c1-5-22-23-10-9-21(50)13-24(23)45-37(22)61(60)18-26(43-32(55)16-41-30(53)6-2)34(56)44-25(12-19(3)49)38(59)47-11-7-8-27(47)35(57)46-33(20(4)28(51)17-48)36(58)42-15-31(54)40-14-29(39)52/h5,9-10,13,20,25-28,30,33,41,45,48,50-51,53H,1,6-8,11-12,14-18H2,2-4H3,(H2,39,52)(H,40,54)(H,42,58)(H,43,55)(H,44,56)(H,46,57)/t20-,25-,26?,27?,28-,30?,33-,61?/m0/s1. The van der Waals surface area contributed by atoms with E-state index in [1.54, 1.807) is 13.0 Å². The number of likely N-dealkylation sites (tertiary alicyclic amines) is 1. The van der Waals surface area contributed by atoms with Crippen molar-refractivity contribution >= 4 is 75.3 Å². The molecule has 1 saturated heterocycles. The number of ketones is 1. The highest BCUT2D eigenvalue weighted by atomic mass is 32.2. The fourth-order valence-corrected chi connectivity index (χ4v) is 7.81. The number of H-pyrrole nitrogens is 1. The van der Waals surface area contributed by atoms with Crippen molar-refractivity contribution in [3.8, 4) is 5.75 Å². The van der Waals surface area contributed by atoms with Gasteiger partial charge in [-0.1, -0.05) is 26.5 Å². The molecular formula is C38H55N9O13S. The highest BCUT2D eigenvalue weighted by Gasteiger charge is 2.42. The number of nitrogens with zero attached hydrogens (tertiary/aromatic N) is 1.